The summed E-state index contributed by atoms with van der Waals surface area (Å²) in [6.07, 6.45) is 2.10. The van der Waals surface area contributed by atoms with Gasteiger partial charge >= 0.3 is 0 Å². The number of benzene rings is 2. The normalized spacial score (nSPS) is 18.2. The second-order valence-corrected chi connectivity index (χ2v) is 9.85. The lowest BCUT2D eigenvalue weighted by atomic mass is 9.99. The monoisotopic (exact) mass is 497 g/mol. The lowest BCUT2D eigenvalue weighted by molar-refractivity contribution is 0.0325. The molecule has 0 saturated heterocycles. The summed E-state index contributed by atoms with van der Waals surface area (Å²) < 4.78 is 6.41. The van der Waals surface area contributed by atoms with Crippen molar-refractivity contribution in [1.82, 2.24) is 14.8 Å². The number of pyridine rings is 1. The van der Waals surface area contributed by atoms with Crippen LogP contribution < -0.4 is 4.74 Å². The van der Waals surface area contributed by atoms with Crippen LogP contribution in [0.4, 0.5) is 0 Å². The Morgan fingerprint density at radius 3 is 2.49 bits per heavy atom. The van der Waals surface area contributed by atoms with Gasteiger partial charge in [-0.25, -0.2) is 4.98 Å². The number of aromatic nitrogens is 1. The highest BCUT2D eigenvalue weighted by molar-refractivity contribution is 5.97. The van der Waals surface area contributed by atoms with Crippen LogP contribution in [-0.2, 0) is 13.0 Å². The summed E-state index contributed by atoms with van der Waals surface area (Å²) in [7, 11) is 2.07. The average molecular weight is 498 g/mol. The summed E-state index contributed by atoms with van der Waals surface area (Å²) in [5, 5.41) is 9.88. The van der Waals surface area contributed by atoms with Gasteiger partial charge in [-0.1, -0.05) is 79.4 Å². The van der Waals surface area contributed by atoms with Crippen LogP contribution in [0.5, 0.6) is 5.88 Å². The Balaban J connectivity index is 1.59. The summed E-state index contributed by atoms with van der Waals surface area (Å²) in [6, 6.07) is 21.8. The van der Waals surface area contributed by atoms with Crippen LogP contribution in [-0.4, -0.2) is 64.7 Å². The Hall–Kier alpha value is -3.66. The fourth-order valence-corrected chi connectivity index (χ4v) is 4.50. The number of rotatable bonds is 7. The molecule has 1 N–H and O–H groups in total. The molecule has 192 valence electrons. The average Bonchev–Trinajstić information content (AvgIpc) is 2.91. The lowest BCUT2D eigenvalue weighted by Gasteiger charge is -2.37. The number of carbonyl (C=O) groups is 1. The maximum Gasteiger partial charge on any atom is 0.259 e. The SMILES string of the molecule is C[C@H](CO)N1C[C@H](C)[C@@H](CN(C)Cc2ccccc2)Oc2ncc(C#CCc3ccccc3)cc2C1=O. The van der Waals surface area contributed by atoms with Crippen molar-refractivity contribution in [3.05, 3.63) is 95.2 Å². The molecule has 0 saturated carbocycles. The number of carbonyl (C=O) groups excluding carboxylic acids is 1. The van der Waals surface area contributed by atoms with Crippen LogP contribution >= 0.6 is 0 Å². The summed E-state index contributed by atoms with van der Waals surface area (Å²) in [5.41, 5.74) is 3.41. The van der Waals surface area contributed by atoms with Crippen molar-refractivity contribution in [3.8, 4) is 17.7 Å². The Kier molecular flexibility index (Phi) is 8.95. The number of fused-ring (bicyclic) bond motifs is 1. The number of likely N-dealkylation sites (N-methyl/N-ethyl adjacent to an activating group) is 1. The maximum atomic E-state index is 13.6. The highest BCUT2D eigenvalue weighted by atomic mass is 16.5. The molecule has 0 bridgehead atoms. The van der Waals surface area contributed by atoms with Gasteiger partial charge in [0, 0.05) is 43.7 Å². The van der Waals surface area contributed by atoms with Crippen molar-refractivity contribution in [2.45, 2.75) is 39.0 Å². The summed E-state index contributed by atoms with van der Waals surface area (Å²) in [6.45, 7) is 5.77. The number of amides is 1. The first-order valence-corrected chi connectivity index (χ1v) is 12.8. The first-order chi connectivity index (χ1) is 17.9. The van der Waals surface area contributed by atoms with Crippen molar-refractivity contribution < 1.29 is 14.6 Å². The zero-order valence-electron chi connectivity index (χ0n) is 21.8. The van der Waals surface area contributed by atoms with Crippen molar-refractivity contribution >= 4 is 5.91 Å². The third-order valence-corrected chi connectivity index (χ3v) is 6.68. The van der Waals surface area contributed by atoms with Gasteiger partial charge in [0.1, 0.15) is 11.7 Å². The summed E-state index contributed by atoms with van der Waals surface area (Å²) in [5.74, 6) is 6.48. The van der Waals surface area contributed by atoms with E-state index in [-0.39, 0.29) is 30.6 Å². The molecule has 37 heavy (non-hydrogen) atoms. The molecule has 1 aliphatic rings. The molecule has 0 aliphatic carbocycles. The molecular formula is C31H35N3O3. The van der Waals surface area contributed by atoms with Crippen LogP contribution in [0.2, 0.25) is 0 Å². The fourth-order valence-electron chi connectivity index (χ4n) is 4.50. The minimum Gasteiger partial charge on any atom is -0.472 e. The molecule has 2 aromatic carbocycles. The number of ether oxygens (including phenoxy) is 1. The second kappa shape index (κ2) is 12.5. The first-order valence-electron chi connectivity index (χ1n) is 12.8. The zero-order valence-corrected chi connectivity index (χ0v) is 21.8. The van der Waals surface area contributed by atoms with Crippen molar-refractivity contribution in [2.24, 2.45) is 5.92 Å². The molecule has 0 radical (unpaired) electrons. The molecule has 6 heteroatoms. The molecule has 0 fully saturated rings. The molecule has 1 aliphatic heterocycles. The smallest absolute Gasteiger partial charge is 0.259 e. The van der Waals surface area contributed by atoms with E-state index in [1.54, 1.807) is 17.2 Å². The molecule has 4 rings (SSSR count). The number of aliphatic hydroxyl groups is 1. The predicted octanol–water partition coefficient (Wildman–Crippen LogP) is 4.03. The van der Waals surface area contributed by atoms with Crippen molar-refractivity contribution in [1.29, 1.82) is 0 Å². The Labute approximate surface area is 219 Å². The van der Waals surface area contributed by atoms with Crippen LogP contribution in [0.15, 0.2) is 72.9 Å². The van der Waals surface area contributed by atoms with Crippen molar-refractivity contribution in [2.75, 3.05) is 26.7 Å². The van der Waals surface area contributed by atoms with Gasteiger partial charge in [-0.3, -0.25) is 9.69 Å². The zero-order chi connectivity index (χ0) is 26.2. The predicted molar refractivity (Wildman–Crippen MR) is 145 cm³/mol. The third-order valence-electron chi connectivity index (χ3n) is 6.68. The van der Waals surface area contributed by atoms with E-state index in [1.807, 2.05) is 55.5 Å². The van der Waals surface area contributed by atoms with E-state index in [2.05, 4.69) is 47.8 Å². The summed E-state index contributed by atoms with van der Waals surface area (Å²) >= 11 is 0. The van der Waals surface area contributed by atoms with E-state index in [0.29, 0.717) is 36.5 Å². The van der Waals surface area contributed by atoms with Gasteiger partial charge in [-0.05, 0) is 31.2 Å². The van der Waals surface area contributed by atoms with Gasteiger partial charge in [0.15, 0.2) is 0 Å². The molecular weight excluding hydrogens is 462 g/mol. The Morgan fingerprint density at radius 1 is 1.14 bits per heavy atom. The molecule has 0 spiro atoms. The third kappa shape index (κ3) is 6.97. The second-order valence-electron chi connectivity index (χ2n) is 9.85. The van der Waals surface area contributed by atoms with E-state index < -0.39 is 0 Å². The topological polar surface area (TPSA) is 65.9 Å². The van der Waals surface area contributed by atoms with Crippen LogP contribution in [0, 0.1) is 17.8 Å². The van der Waals surface area contributed by atoms with E-state index in [4.69, 9.17) is 4.74 Å². The number of hydrogen-bond donors (Lipinski definition) is 1. The van der Waals surface area contributed by atoms with Crippen LogP contribution in [0.1, 0.15) is 40.9 Å². The quantitative estimate of drug-likeness (QED) is 0.500. The van der Waals surface area contributed by atoms with E-state index >= 15 is 0 Å². The van der Waals surface area contributed by atoms with Crippen LogP contribution in [0.3, 0.4) is 0 Å². The molecule has 1 aromatic heterocycles. The molecule has 3 atom stereocenters. The van der Waals surface area contributed by atoms with E-state index in [0.717, 1.165) is 12.1 Å². The lowest BCUT2D eigenvalue weighted by Crippen LogP contribution is -2.49. The standard InChI is InChI=1S/C31H35N3O3/c1-23-19-34(24(2)22-35)31(36)28-17-27(16-10-15-25-11-6-4-7-12-25)18-32-30(28)37-29(23)21-33(3)20-26-13-8-5-9-14-26/h4-9,11-14,17-18,23-24,29,35H,15,19-22H2,1-3H3/t23-,24+,29+/m0/s1. The molecule has 3 aromatic rings. The highest BCUT2D eigenvalue weighted by Crippen LogP contribution is 2.27. The van der Waals surface area contributed by atoms with E-state index in [9.17, 15) is 9.90 Å². The molecule has 2 heterocycles. The van der Waals surface area contributed by atoms with Gasteiger partial charge in [-0.15, -0.1) is 0 Å². The van der Waals surface area contributed by atoms with Crippen LogP contribution in [0.25, 0.3) is 0 Å². The van der Waals surface area contributed by atoms with Crippen molar-refractivity contribution in [3.63, 3.8) is 0 Å². The number of hydrogen-bond acceptors (Lipinski definition) is 5. The maximum absolute atomic E-state index is 13.6. The summed E-state index contributed by atoms with van der Waals surface area (Å²) in [4.78, 5) is 22.1. The fraction of sp³-hybridized carbons (Fsp3) is 0.355. The van der Waals surface area contributed by atoms with E-state index in [1.165, 1.54) is 5.56 Å². The number of nitrogens with zero attached hydrogens (tertiary/aromatic N) is 3. The molecule has 6 nitrogen and oxygen atoms in total. The van der Waals surface area contributed by atoms with Gasteiger partial charge in [-0.2, -0.15) is 0 Å². The highest BCUT2D eigenvalue weighted by Gasteiger charge is 2.34. The minimum absolute atomic E-state index is 0.0384. The van der Waals surface area contributed by atoms with Gasteiger partial charge < -0.3 is 14.7 Å². The van der Waals surface area contributed by atoms with Gasteiger partial charge in [0.05, 0.1) is 12.6 Å². The minimum atomic E-state index is -0.323. The molecule has 0 unspecified atom stereocenters. The van der Waals surface area contributed by atoms with Gasteiger partial charge in [0.25, 0.3) is 5.91 Å². The largest absolute Gasteiger partial charge is 0.472 e. The first kappa shape index (κ1) is 26.4. The Bertz CT molecular complexity index is 1240. The van der Waals surface area contributed by atoms with Gasteiger partial charge in [0.2, 0.25) is 5.88 Å². The molecule has 1 amide bonds. The Morgan fingerprint density at radius 2 is 1.81 bits per heavy atom. The number of aliphatic hydroxyl groups excluding tert-OH is 1.